The van der Waals surface area contributed by atoms with E-state index in [1.807, 2.05) is 0 Å². The highest BCUT2D eigenvalue weighted by molar-refractivity contribution is 4.93. The molecule has 0 radical (unpaired) electrons. The predicted molar refractivity (Wildman–Crippen MR) is 78.7 cm³/mol. The molecule has 21 heavy (non-hydrogen) atoms. The summed E-state index contributed by atoms with van der Waals surface area (Å²) in [5.74, 6) is 1.81. The molecule has 2 rings (SSSR count). The molecule has 2 N–H and O–H groups in total. The first-order valence-corrected chi connectivity index (χ1v) is 7.72. The molecule has 0 spiro atoms. The Kier molecular flexibility index (Phi) is 5.72. The Bertz CT molecular complexity index is 422. The lowest BCUT2D eigenvalue weighted by Gasteiger charge is -2.30. The van der Waals surface area contributed by atoms with Gasteiger partial charge in [-0.1, -0.05) is 25.9 Å². The maximum Gasteiger partial charge on any atom is 0.226 e. The third-order valence-corrected chi connectivity index (χ3v) is 4.03. The molecule has 2 unspecified atom stereocenters. The molecule has 0 aliphatic carbocycles. The van der Waals surface area contributed by atoms with E-state index in [1.165, 1.54) is 0 Å². The molecule has 6 heteroatoms. The number of ether oxygens (including phenoxy) is 2. The van der Waals surface area contributed by atoms with Crippen LogP contribution < -0.4 is 5.73 Å². The molecule has 2 atom stereocenters. The molecule has 1 aliphatic heterocycles. The first-order chi connectivity index (χ1) is 10.0. The van der Waals surface area contributed by atoms with Gasteiger partial charge in [0.05, 0.1) is 19.8 Å². The van der Waals surface area contributed by atoms with Gasteiger partial charge in [-0.25, -0.2) is 0 Å². The van der Waals surface area contributed by atoms with E-state index in [2.05, 4.69) is 30.9 Å². The maximum absolute atomic E-state index is 5.71. The molecular weight excluding hydrogens is 270 g/mol. The Hall–Kier alpha value is -0.980. The van der Waals surface area contributed by atoms with Crippen molar-refractivity contribution in [2.75, 3.05) is 26.4 Å². The second-order valence-corrected chi connectivity index (χ2v) is 6.66. The number of nitrogens with two attached hydrogens (primary N) is 1. The van der Waals surface area contributed by atoms with Gasteiger partial charge < -0.3 is 19.7 Å². The van der Waals surface area contributed by atoms with Gasteiger partial charge in [0.1, 0.15) is 6.10 Å². The molecule has 0 amide bonds. The number of nitrogens with zero attached hydrogens (tertiary/aromatic N) is 2. The average molecular weight is 297 g/mol. The van der Waals surface area contributed by atoms with Crippen LogP contribution >= 0.6 is 0 Å². The fourth-order valence-electron chi connectivity index (χ4n) is 2.65. The van der Waals surface area contributed by atoms with Gasteiger partial charge in [-0.15, -0.1) is 0 Å². The highest BCUT2D eigenvalue weighted by Crippen LogP contribution is 2.32. The summed E-state index contributed by atoms with van der Waals surface area (Å²) in [6, 6.07) is 0. The van der Waals surface area contributed by atoms with E-state index in [0.717, 1.165) is 19.3 Å². The summed E-state index contributed by atoms with van der Waals surface area (Å²) < 4.78 is 16.3. The fraction of sp³-hybridized carbons (Fsp3) is 0.867. The molecule has 120 valence electrons. The molecule has 1 aromatic rings. The maximum atomic E-state index is 5.71. The Morgan fingerprint density at radius 2 is 2.10 bits per heavy atom. The monoisotopic (exact) mass is 297 g/mol. The van der Waals surface area contributed by atoms with Gasteiger partial charge in [0.15, 0.2) is 0 Å². The summed E-state index contributed by atoms with van der Waals surface area (Å²) in [5, 5.41) is 4.01. The minimum Gasteiger partial charge on any atom is -0.376 e. The quantitative estimate of drug-likeness (QED) is 0.865. The first kappa shape index (κ1) is 16.4. The van der Waals surface area contributed by atoms with E-state index in [9.17, 15) is 0 Å². The molecule has 1 aromatic heterocycles. The van der Waals surface area contributed by atoms with Crippen LogP contribution in [0.25, 0.3) is 0 Å². The standard InChI is InChI=1S/C15H27N3O3/c1-15(2,3)11(6-7-16)4-5-13-17-14(18-21-13)12-10-19-8-9-20-12/h11-12H,4-10,16H2,1-3H3. The van der Waals surface area contributed by atoms with Crippen molar-refractivity contribution in [1.82, 2.24) is 10.1 Å². The van der Waals surface area contributed by atoms with E-state index in [0.29, 0.717) is 44.0 Å². The van der Waals surface area contributed by atoms with Crippen LogP contribution in [-0.4, -0.2) is 36.5 Å². The second kappa shape index (κ2) is 7.33. The van der Waals surface area contributed by atoms with E-state index in [-0.39, 0.29) is 11.5 Å². The van der Waals surface area contributed by atoms with E-state index in [4.69, 9.17) is 19.7 Å². The summed E-state index contributed by atoms with van der Waals surface area (Å²) >= 11 is 0. The third-order valence-electron chi connectivity index (χ3n) is 4.03. The van der Waals surface area contributed by atoms with Gasteiger partial charge in [-0.05, 0) is 30.7 Å². The zero-order chi connectivity index (χ0) is 15.3. The van der Waals surface area contributed by atoms with Crippen molar-refractivity contribution < 1.29 is 14.0 Å². The number of rotatable bonds is 6. The Labute approximate surface area is 126 Å². The van der Waals surface area contributed by atoms with Crippen LogP contribution in [0.5, 0.6) is 0 Å². The topological polar surface area (TPSA) is 83.4 Å². The van der Waals surface area contributed by atoms with E-state index < -0.39 is 0 Å². The van der Waals surface area contributed by atoms with Crippen LogP contribution in [0.4, 0.5) is 0 Å². The molecule has 2 heterocycles. The second-order valence-electron chi connectivity index (χ2n) is 6.66. The van der Waals surface area contributed by atoms with Crippen LogP contribution in [0.3, 0.4) is 0 Å². The van der Waals surface area contributed by atoms with Crippen molar-refractivity contribution in [2.45, 2.75) is 46.1 Å². The lowest BCUT2D eigenvalue weighted by molar-refractivity contribution is -0.0941. The van der Waals surface area contributed by atoms with Crippen LogP contribution in [0, 0.1) is 11.3 Å². The van der Waals surface area contributed by atoms with Gasteiger partial charge in [0, 0.05) is 6.42 Å². The zero-order valence-corrected chi connectivity index (χ0v) is 13.3. The highest BCUT2D eigenvalue weighted by Gasteiger charge is 2.26. The van der Waals surface area contributed by atoms with Gasteiger partial charge in [0.2, 0.25) is 11.7 Å². The lowest BCUT2D eigenvalue weighted by Crippen LogP contribution is -2.24. The number of aryl methyl sites for hydroxylation is 1. The summed E-state index contributed by atoms with van der Waals surface area (Å²) in [7, 11) is 0. The van der Waals surface area contributed by atoms with Crippen molar-refractivity contribution in [3.8, 4) is 0 Å². The molecule has 1 fully saturated rings. The molecule has 0 bridgehead atoms. The van der Waals surface area contributed by atoms with Gasteiger partial charge in [0.25, 0.3) is 0 Å². The van der Waals surface area contributed by atoms with Crippen molar-refractivity contribution in [3.63, 3.8) is 0 Å². The summed E-state index contributed by atoms with van der Waals surface area (Å²) in [6.45, 7) is 9.17. The summed E-state index contributed by atoms with van der Waals surface area (Å²) in [5.41, 5.74) is 5.95. The van der Waals surface area contributed by atoms with Crippen LogP contribution in [-0.2, 0) is 15.9 Å². The van der Waals surface area contributed by atoms with Crippen LogP contribution in [0.15, 0.2) is 4.52 Å². The number of aromatic nitrogens is 2. The largest absolute Gasteiger partial charge is 0.376 e. The van der Waals surface area contributed by atoms with Crippen molar-refractivity contribution in [2.24, 2.45) is 17.1 Å². The van der Waals surface area contributed by atoms with Crippen LogP contribution in [0.1, 0.15) is 51.4 Å². The van der Waals surface area contributed by atoms with E-state index >= 15 is 0 Å². The van der Waals surface area contributed by atoms with Crippen molar-refractivity contribution in [1.29, 1.82) is 0 Å². The average Bonchev–Trinajstić information content (AvgIpc) is 2.92. The van der Waals surface area contributed by atoms with E-state index in [1.54, 1.807) is 0 Å². The molecule has 0 saturated carbocycles. The fourth-order valence-corrected chi connectivity index (χ4v) is 2.65. The van der Waals surface area contributed by atoms with Crippen LogP contribution in [0.2, 0.25) is 0 Å². The molecule has 6 nitrogen and oxygen atoms in total. The Balaban J connectivity index is 1.89. The summed E-state index contributed by atoms with van der Waals surface area (Å²) in [6.07, 6.45) is 2.61. The first-order valence-electron chi connectivity index (χ1n) is 7.72. The molecular formula is C15H27N3O3. The predicted octanol–water partition coefficient (Wildman–Crippen LogP) is 2.10. The van der Waals surface area contributed by atoms with Crippen molar-refractivity contribution in [3.05, 3.63) is 11.7 Å². The molecule has 0 aromatic carbocycles. The van der Waals surface area contributed by atoms with Gasteiger partial charge in [-0.3, -0.25) is 0 Å². The Morgan fingerprint density at radius 1 is 1.29 bits per heavy atom. The SMILES string of the molecule is CC(C)(C)C(CCN)CCc1nc(C2COCCO2)no1. The smallest absolute Gasteiger partial charge is 0.226 e. The zero-order valence-electron chi connectivity index (χ0n) is 13.3. The third kappa shape index (κ3) is 4.76. The number of hydrogen-bond donors (Lipinski definition) is 1. The van der Waals surface area contributed by atoms with Gasteiger partial charge >= 0.3 is 0 Å². The molecule has 1 saturated heterocycles. The van der Waals surface area contributed by atoms with Crippen molar-refractivity contribution >= 4 is 0 Å². The van der Waals surface area contributed by atoms with Gasteiger partial charge in [-0.2, -0.15) is 4.98 Å². The normalized spacial score (nSPS) is 21.4. The highest BCUT2D eigenvalue weighted by atomic mass is 16.6. The Morgan fingerprint density at radius 3 is 2.71 bits per heavy atom. The minimum atomic E-state index is -0.196. The molecule has 1 aliphatic rings. The lowest BCUT2D eigenvalue weighted by atomic mass is 9.76. The summed E-state index contributed by atoms with van der Waals surface area (Å²) in [4.78, 5) is 4.43. The minimum absolute atomic E-state index is 0.196. The number of hydrogen-bond acceptors (Lipinski definition) is 6.